The van der Waals surface area contributed by atoms with Gasteiger partial charge in [-0.3, -0.25) is 0 Å². The topological polar surface area (TPSA) is 159 Å². The molecule has 0 atom stereocenters. The molecule has 0 aliphatic heterocycles. The van der Waals surface area contributed by atoms with Crippen LogP contribution in [0.15, 0.2) is 59.0 Å². The van der Waals surface area contributed by atoms with Crippen LogP contribution >= 0.6 is 11.3 Å². The van der Waals surface area contributed by atoms with Crippen molar-refractivity contribution in [2.24, 2.45) is 16.8 Å². The Kier molecular flexibility index (Phi) is 10.8. The fourth-order valence-electron chi connectivity index (χ4n) is 4.24. The Hall–Kier alpha value is -4.33. The van der Waals surface area contributed by atoms with Gasteiger partial charge in [-0.05, 0) is 62.4 Å². The van der Waals surface area contributed by atoms with Crippen molar-refractivity contribution in [1.29, 1.82) is 0 Å². The van der Waals surface area contributed by atoms with Gasteiger partial charge in [0, 0.05) is 35.5 Å². The minimum Gasteiger partial charge on any atom is -0.490 e. The predicted octanol–water partition coefficient (Wildman–Crippen LogP) is 4.75. The van der Waals surface area contributed by atoms with E-state index >= 15 is 0 Å². The Labute approximate surface area is 253 Å². The van der Waals surface area contributed by atoms with Gasteiger partial charge in [-0.25, -0.2) is 15.0 Å². The third-order valence-electron chi connectivity index (χ3n) is 6.16. The van der Waals surface area contributed by atoms with Crippen molar-refractivity contribution in [2.75, 3.05) is 26.4 Å². The molecule has 4 rings (SSSR count). The summed E-state index contributed by atoms with van der Waals surface area (Å²) in [6, 6.07) is 14.4. The van der Waals surface area contributed by atoms with Gasteiger partial charge in [0.15, 0.2) is 0 Å². The van der Waals surface area contributed by atoms with Gasteiger partial charge in [0.1, 0.15) is 41.0 Å². The van der Waals surface area contributed by atoms with Gasteiger partial charge >= 0.3 is 6.09 Å². The maximum absolute atomic E-state index is 14.2. The molecule has 43 heavy (non-hydrogen) atoms. The number of hydrazone groups is 1. The number of benzene rings is 2. The first kappa shape index (κ1) is 31.6. The van der Waals surface area contributed by atoms with Gasteiger partial charge < -0.3 is 30.8 Å². The van der Waals surface area contributed by atoms with Crippen molar-refractivity contribution in [3.05, 3.63) is 65.3 Å². The Morgan fingerprint density at radius 1 is 1.07 bits per heavy atom. The van der Waals surface area contributed by atoms with Gasteiger partial charge in [0.25, 0.3) is 0 Å². The highest BCUT2D eigenvalue weighted by Crippen LogP contribution is 2.39. The number of nitrogens with two attached hydrogens (primary N) is 2. The molecule has 0 saturated carbocycles. The second kappa shape index (κ2) is 14.7. The number of aryl methyl sites for hydroxylation is 1. The molecule has 11 nitrogen and oxygen atoms in total. The van der Waals surface area contributed by atoms with E-state index in [4.69, 9.17) is 25.9 Å². The summed E-state index contributed by atoms with van der Waals surface area (Å²) in [4.78, 5) is 11.7. The third-order valence-corrected chi connectivity index (χ3v) is 7.08. The molecule has 0 aliphatic rings. The number of amidine groups is 1. The highest BCUT2D eigenvalue weighted by molar-refractivity contribution is 7.17. The van der Waals surface area contributed by atoms with Crippen LogP contribution in [0.5, 0.6) is 5.75 Å². The molecule has 13 heteroatoms. The van der Waals surface area contributed by atoms with Crippen molar-refractivity contribution >= 4 is 33.4 Å². The standard InChI is InChI=1S/C30H36FN7O4S/c1-30(2,3)42-29(39)34-12-13-40-14-15-41-24-18-21(31)8-9-22(24)27-28-23(11-16-43-28)26(37-38-27)20-6-4-5-19(17-20)7-10-25(35-32)36-33/h4-6,8-9,11,16-18H,7,10,12-15,32-33H2,1-3H3,(H,34,39)(H,35,36). The molecule has 4 aromatic rings. The number of amides is 1. The van der Waals surface area contributed by atoms with Crippen LogP contribution in [0.25, 0.3) is 32.6 Å². The van der Waals surface area contributed by atoms with Crippen LogP contribution in [0.3, 0.4) is 0 Å². The quantitative estimate of drug-likeness (QED) is 0.0584. The fourth-order valence-corrected chi connectivity index (χ4v) is 5.14. The molecule has 0 aliphatic carbocycles. The Morgan fingerprint density at radius 2 is 1.88 bits per heavy atom. The summed E-state index contributed by atoms with van der Waals surface area (Å²) in [7, 11) is 0. The number of thiophene rings is 1. The van der Waals surface area contributed by atoms with Crippen molar-refractivity contribution in [2.45, 2.75) is 39.2 Å². The molecule has 0 radical (unpaired) electrons. The Bertz CT molecular complexity index is 1570. The number of hydrogen-bond acceptors (Lipinski definition) is 10. The summed E-state index contributed by atoms with van der Waals surface area (Å²) in [5, 5.41) is 18.3. The van der Waals surface area contributed by atoms with E-state index in [9.17, 15) is 9.18 Å². The highest BCUT2D eigenvalue weighted by Gasteiger charge is 2.18. The first-order valence-electron chi connectivity index (χ1n) is 13.7. The number of ether oxygens (including phenoxy) is 3. The summed E-state index contributed by atoms with van der Waals surface area (Å²) >= 11 is 1.52. The van der Waals surface area contributed by atoms with Crippen LogP contribution in [-0.2, 0) is 15.9 Å². The second-order valence-electron chi connectivity index (χ2n) is 10.5. The van der Waals surface area contributed by atoms with Crippen LogP contribution in [0.1, 0.15) is 32.8 Å². The van der Waals surface area contributed by atoms with E-state index in [1.807, 2.05) is 29.6 Å². The number of nitrogens with one attached hydrogen (secondary N) is 2. The molecular formula is C30H36FN7O4S. The smallest absolute Gasteiger partial charge is 0.407 e. The van der Waals surface area contributed by atoms with Crippen molar-refractivity contribution in [3.63, 3.8) is 0 Å². The molecule has 2 aromatic carbocycles. The number of hydrogen-bond donors (Lipinski definition) is 4. The summed E-state index contributed by atoms with van der Waals surface area (Å²) < 4.78 is 31.8. The summed E-state index contributed by atoms with van der Waals surface area (Å²) in [6.07, 6.45) is 0.746. The zero-order valence-electron chi connectivity index (χ0n) is 24.4. The fraction of sp³-hybridized carbons (Fsp3) is 0.333. The lowest BCUT2D eigenvalue weighted by Crippen LogP contribution is -2.34. The number of rotatable bonds is 12. The molecule has 228 valence electrons. The van der Waals surface area contributed by atoms with E-state index in [0.717, 1.165) is 26.9 Å². The zero-order chi connectivity index (χ0) is 30.8. The molecule has 2 aromatic heterocycles. The van der Waals surface area contributed by atoms with Crippen LogP contribution in [-0.4, -0.2) is 54.1 Å². The number of carbonyl (C=O) groups is 1. The van der Waals surface area contributed by atoms with Gasteiger partial charge in [-0.15, -0.1) is 21.5 Å². The minimum absolute atomic E-state index is 0.172. The number of nitrogens with zero attached hydrogens (tertiary/aromatic N) is 3. The first-order valence-corrected chi connectivity index (χ1v) is 14.6. The lowest BCUT2D eigenvalue weighted by Gasteiger charge is -2.19. The largest absolute Gasteiger partial charge is 0.490 e. The first-order chi connectivity index (χ1) is 20.7. The van der Waals surface area contributed by atoms with Crippen molar-refractivity contribution in [3.8, 4) is 28.3 Å². The van der Waals surface area contributed by atoms with E-state index in [-0.39, 0.29) is 26.4 Å². The number of alkyl carbamates (subject to hydrolysis) is 1. The average molecular weight is 610 g/mol. The van der Waals surface area contributed by atoms with Crippen LogP contribution < -0.4 is 27.2 Å². The molecule has 0 unspecified atom stereocenters. The number of fused-ring (bicyclic) bond motifs is 1. The number of aromatic nitrogens is 2. The molecule has 1 amide bonds. The molecule has 2 heterocycles. The summed E-state index contributed by atoms with van der Waals surface area (Å²) in [5.41, 5.74) is 5.87. The summed E-state index contributed by atoms with van der Waals surface area (Å²) in [6.45, 7) is 6.35. The number of carbonyl (C=O) groups excluding carboxylic acids is 1. The lowest BCUT2D eigenvalue weighted by atomic mass is 10.0. The predicted molar refractivity (Wildman–Crippen MR) is 166 cm³/mol. The van der Waals surface area contributed by atoms with Crippen LogP contribution in [0.2, 0.25) is 0 Å². The highest BCUT2D eigenvalue weighted by atomic mass is 32.1. The number of hydrazine groups is 1. The maximum Gasteiger partial charge on any atom is 0.407 e. The zero-order valence-corrected chi connectivity index (χ0v) is 25.2. The Morgan fingerprint density at radius 3 is 2.65 bits per heavy atom. The van der Waals surface area contributed by atoms with Gasteiger partial charge in [0.2, 0.25) is 0 Å². The molecular weight excluding hydrogens is 573 g/mol. The van der Waals surface area contributed by atoms with Crippen molar-refractivity contribution < 1.29 is 23.4 Å². The molecule has 0 fully saturated rings. The molecule has 0 bridgehead atoms. The normalized spacial score (nSPS) is 11.9. The van der Waals surface area contributed by atoms with Gasteiger partial charge in [-0.2, -0.15) is 5.10 Å². The van der Waals surface area contributed by atoms with Gasteiger partial charge in [-0.1, -0.05) is 18.2 Å². The van der Waals surface area contributed by atoms with Gasteiger partial charge in [0.05, 0.1) is 17.9 Å². The van der Waals surface area contributed by atoms with Crippen molar-refractivity contribution in [1.82, 2.24) is 20.9 Å². The monoisotopic (exact) mass is 609 g/mol. The third kappa shape index (κ3) is 8.83. The SMILES string of the molecule is CC(C)(C)OC(=O)NCCOCCOc1cc(F)ccc1-c1nnc(-c2cccc(CC/C(=N/N)NN)c2)c2ccsc12. The molecule has 0 saturated heterocycles. The van der Waals surface area contributed by atoms with Crippen LogP contribution in [0.4, 0.5) is 9.18 Å². The van der Waals surface area contributed by atoms with E-state index in [0.29, 0.717) is 35.7 Å². The number of halogens is 1. The van der Waals surface area contributed by atoms with E-state index in [1.54, 1.807) is 26.8 Å². The molecule has 6 N–H and O–H groups in total. The minimum atomic E-state index is -0.570. The second-order valence-corrected chi connectivity index (χ2v) is 11.4. The summed E-state index contributed by atoms with van der Waals surface area (Å²) in [5.74, 6) is 11.2. The van der Waals surface area contributed by atoms with E-state index in [1.165, 1.54) is 23.5 Å². The average Bonchev–Trinajstić information content (AvgIpc) is 3.46. The molecule has 0 spiro atoms. The van der Waals surface area contributed by atoms with E-state index < -0.39 is 17.5 Å². The Balaban J connectivity index is 1.45. The lowest BCUT2D eigenvalue weighted by molar-refractivity contribution is 0.0489. The maximum atomic E-state index is 14.2. The van der Waals surface area contributed by atoms with Crippen LogP contribution in [0, 0.1) is 5.82 Å². The van der Waals surface area contributed by atoms with E-state index in [2.05, 4.69) is 32.1 Å².